The van der Waals surface area contributed by atoms with Gasteiger partial charge in [-0.3, -0.25) is 15.0 Å². The lowest BCUT2D eigenvalue weighted by atomic mass is 10.1. The van der Waals surface area contributed by atoms with Crippen LogP contribution in [0.25, 0.3) is 0 Å². The van der Waals surface area contributed by atoms with Gasteiger partial charge in [-0.25, -0.2) is 14.2 Å². The van der Waals surface area contributed by atoms with Crippen LogP contribution in [0.1, 0.15) is 13.3 Å². The van der Waals surface area contributed by atoms with Gasteiger partial charge in [0.1, 0.15) is 5.82 Å². The first-order valence-corrected chi connectivity index (χ1v) is 11.1. The molecule has 32 heavy (non-hydrogen) atoms. The van der Waals surface area contributed by atoms with Crippen LogP contribution in [-0.2, 0) is 4.79 Å². The number of allylic oxidation sites excluding steroid dienone is 1. The third kappa shape index (κ3) is 3.48. The maximum Gasteiger partial charge on any atom is 0.325 e. The standard InChI is InChI=1S/C22H28FN7O2/c1-15-14-30-18-19(26(2)22(32)25-20(18)31)24-21(30)29(15)9-5-8-27-10-12-28(13-11-27)17-7-4-3-6-16(17)23/h3-4,6-7,14,18-19H,5,8-13H2,1-2H3,(H,25,31,32). The summed E-state index contributed by atoms with van der Waals surface area (Å²) in [6.07, 6.45) is 2.39. The monoisotopic (exact) mass is 441 g/mol. The van der Waals surface area contributed by atoms with E-state index in [2.05, 4.69) is 20.0 Å². The Bertz CT molecular complexity index is 988. The number of halogens is 1. The lowest BCUT2D eigenvalue weighted by molar-refractivity contribution is -0.126. The van der Waals surface area contributed by atoms with E-state index >= 15 is 0 Å². The SMILES string of the molecule is CC1=CN2C(=NC3C2C(=O)NC(=O)N3C)N1CCCN1CCN(c2ccccc2F)CC1. The smallest absolute Gasteiger partial charge is 0.325 e. The quantitative estimate of drug-likeness (QED) is 0.737. The van der Waals surface area contributed by atoms with Crippen molar-refractivity contribution in [2.75, 3.05) is 51.2 Å². The average Bonchev–Trinajstić information content (AvgIpc) is 3.29. The molecule has 2 atom stereocenters. The highest BCUT2D eigenvalue weighted by atomic mass is 19.1. The van der Waals surface area contributed by atoms with E-state index in [0.29, 0.717) is 5.69 Å². The van der Waals surface area contributed by atoms with Gasteiger partial charge in [0.25, 0.3) is 5.91 Å². The zero-order chi connectivity index (χ0) is 22.4. The second-order valence-corrected chi connectivity index (χ2v) is 8.66. The summed E-state index contributed by atoms with van der Waals surface area (Å²) in [4.78, 5) is 39.0. The zero-order valence-corrected chi connectivity index (χ0v) is 18.4. The number of nitrogens with zero attached hydrogens (tertiary/aromatic N) is 6. The second kappa shape index (κ2) is 8.09. The minimum Gasteiger partial charge on any atom is -0.367 e. The molecule has 9 nitrogen and oxygen atoms in total. The first kappa shape index (κ1) is 20.7. The predicted octanol–water partition coefficient (Wildman–Crippen LogP) is 1.06. The van der Waals surface area contributed by atoms with Crippen molar-refractivity contribution in [3.63, 3.8) is 0 Å². The van der Waals surface area contributed by atoms with Crippen LogP contribution < -0.4 is 10.2 Å². The van der Waals surface area contributed by atoms with E-state index in [4.69, 9.17) is 4.99 Å². The Labute approximate surface area is 186 Å². The number of carbonyl (C=O) groups excluding carboxylic acids is 2. The van der Waals surface area contributed by atoms with Crippen molar-refractivity contribution in [3.05, 3.63) is 42.0 Å². The van der Waals surface area contributed by atoms with E-state index in [1.807, 2.05) is 30.2 Å². The van der Waals surface area contributed by atoms with Crippen LogP contribution in [-0.4, -0.2) is 96.0 Å². The number of aliphatic imine (C=N–C) groups is 1. The van der Waals surface area contributed by atoms with Gasteiger partial charge in [0.2, 0.25) is 5.96 Å². The van der Waals surface area contributed by atoms with Crippen molar-refractivity contribution in [2.45, 2.75) is 25.6 Å². The molecule has 0 aliphatic carbocycles. The number of piperazine rings is 1. The van der Waals surface area contributed by atoms with E-state index in [1.54, 1.807) is 13.1 Å². The molecule has 2 unspecified atom stereocenters. The van der Waals surface area contributed by atoms with E-state index in [0.717, 1.165) is 57.3 Å². The molecule has 2 saturated heterocycles. The molecule has 10 heteroatoms. The van der Waals surface area contributed by atoms with Gasteiger partial charge in [-0.1, -0.05) is 12.1 Å². The van der Waals surface area contributed by atoms with Gasteiger partial charge in [-0.05, 0) is 32.0 Å². The van der Waals surface area contributed by atoms with Crippen LogP contribution in [0.2, 0.25) is 0 Å². The Morgan fingerprint density at radius 1 is 1.12 bits per heavy atom. The summed E-state index contributed by atoms with van der Waals surface area (Å²) in [7, 11) is 1.66. The number of urea groups is 1. The van der Waals surface area contributed by atoms with Gasteiger partial charge < -0.3 is 19.6 Å². The third-order valence-corrected chi connectivity index (χ3v) is 6.69. The number of guanidine groups is 1. The van der Waals surface area contributed by atoms with Crippen molar-refractivity contribution >= 4 is 23.6 Å². The molecule has 1 aromatic carbocycles. The van der Waals surface area contributed by atoms with Gasteiger partial charge in [0.05, 0.1) is 5.69 Å². The zero-order valence-electron chi connectivity index (χ0n) is 18.4. The summed E-state index contributed by atoms with van der Waals surface area (Å²) in [5.41, 5.74) is 1.72. The summed E-state index contributed by atoms with van der Waals surface area (Å²) in [5, 5.41) is 2.40. The van der Waals surface area contributed by atoms with Crippen LogP contribution in [0.15, 0.2) is 41.2 Å². The van der Waals surface area contributed by atoms with E-state index in [-0.39, 0.29) is 11.7 Å². The molecule has 5 rings (SSSR count). The lowest BCUT2D eigenvalue weighted by Crippen LogP contribution is -2.62. The number of para-hydroxylation sites is 1. The van der Waals surface area contributed by atoms with Crippen molar-refractivity contribution in [1.29, 1.82) is 0 Å². The topological polar surface area (TPSA) is 74.7 Å². The fourth-order valence-electron chi connectivity index (χ4n) is 4.90. The molecule has 0 bridgehead atoms. The van der Waals surface area contributed by atoms with E-state index < -0.39 is 18.2 Å². The normalized spacial score (nSPS) is 25.6. The van der Waals surface area contributed by atoms with Gasteiger partial charge in [-0.15, -0.1) is 0 Å². The summed E-state index contributed by atoms with van der Waals surface area (Å²) < 4.78 is 14.0. The second-order valence-electron chi connectivity index (χ2n) is 8.66. The molecular formula is C22H28FN7O2. The maximum absolute atomic E-state index is 14.0. The molecular weight excluding hydrogens is 413 g/mol. The minimum atomic E-state index is -0.515. The Hall–Kier alpha value is -3.14. The van der Waals surface area contributed by atoms with Crippen molar-refractivity contribution in [1.82, 2.24) is 24.9 Å². The summed E-state index contributed by atoms with van der Waals surface area (Å²) in [6, 6.07) is 6.01. The number of hydrogen-bond donors (Lipinski definition) is 1. The molecule has 4 aliphatic heterocycles. The number of imide groups is 1. The number of benzene rings is 1. The number of hydrogen-bond acceptors (Lipinski definition) is 7. The summed E-state index contributed by atoms with van der Waals surface area (Å²) in [6.45, 7) is 7.14. The number of likely N-dealkylation sites (N-methyl/N-ethyl adjacent to an activating group) is 1. The molecule has 3 amide bonds. The number of nitrogens with one attached hydrogen (secondary N) is 1. The van der Waals surface area contributed by atoms with Crippen LogP contribution >= 0.6 is 0 Å². The highest BCUT2D eigenvalue weighted by Crippen LogP contribution is 2.31. The predicted molar refractivity (Wildman–Crippen MR) is 118 cm³/mol. The third-order valence-electron chi connectivity index (χ3n) is 6.69. The molecule has 0 radical (unpaired) electrons. The fourth-order valence-corrected chi connectivity index (χ4v) is 4.90. The fraction of sp³-hybridized carbons (Fsp3) is 0.500. The largest absolute Gasteiger partial charge is 0.367 e. The molecule has 4 aliphatic rings. The maximum atomic E-state index is 14.0. The van der Waals surface area contributed by atoms with Gasteiger partial charge >= 0.3 is 6.03 Å². The van der Waals surface area contributed by atoms with Crippen LogP contribution in [0, 0.1) is 5.82 Å². The first-order chi connectivity index (χ1) is 15.4. The molecule has 1 aromatic rings. The number of rotatable bonds is 5. The molecule has 170 valence electrons. The Kier molecular flexibility index (Phi) is 5.24. The highest BCUT2D eigenvalue weighted by Gasteiger charge is 2.51. The summed E-state index contributed by atoms with van der Waals surface area (Å²) >= 11 is 0. The van der Waals surface area contributed by atoms with Crippen LogP contribution in [0.5, 0.6) is 0 Å². The Balaban J connectivity index is 1.15. The number of amides is 3. The van der Waals surface area contributed by atoms with Crippen molar-refractivity contribution < 1.29 is 14.0 Å². The van der Waals surface area contributed by atoms with Crippen molar-refractivity contribution in [2.24, 2.45) is 4.99 Å². The minimum absolute atomic E-state index is 0.166. The number of fused-ring (bicyclic) bond motifs is 3. The molecule has 0 aromatic heterocycles. The molecule has 1 N–H and O–H groups in total. The molecule has 0 spiro atoms. The van der Waals surface area contributed by atoms with E-state index in [1.165, 1.54) is 11.0 Å². The average molecular weight is 442 g/mol. The Morgan fingerprint density at radius 2 is 1.88 bits per heavy atom. The van der Waals surface area contributed by atoms with Gasteiger partial charge in [0, 0.05) is 51.7 Å². The van der Waals surface area contributed by atoms with E-state index in [9.17, 15) is 14.0 Å². The summed E-state index contributed by atoms with van der Waals surface area (Å²) in [5.74, 6) is 0.259. The molecule has 2 fully saturated rings. The lowest BCUT2D eigenvalue weighted by Gasteiger charge is -2.36. The number of carbonyl (C=O) groups is 2. The van der Waals surface area contributed by atoms with Crippen molar-refractivity contribution in [3.8, 4) is 0 Å². The Morgan fingerprint density at radius 3 is 2.62 bits per heavy atom. The first-order valence-electron chi connectivity index (χ1n) is 11.1. The van der Waals surface area contributed by atoms with Crippen LogP contribution in [0.4, 0.5) is 14.9 Å². The molecule has 0 saturated carbocycles. The molecule has 4 heterocycles. The van der Waals surface area contributed by atoms with Gasteiger partial charge in [0.15, 0.2) is 12.2 Å². The number of anilines is 1. The highest BCUT2D eigenvalue weighted by molar-refractivity contribution is 6.04. The van der Waals surface area contributed by atoms with Crippen LogP contribution in [0.3, 0.4) is 0 Å². The van der Waals surface area contributed by atoms with Gasteiger partial charge in [-0.2, -0.15) is 0 Å².